The molecular weight excluding hydrogens is 364 g/mol. The molecule has 0 saturated carbocycles. The minimum absolute atomic E-state index is 0. The van der Waals surface area contributed by atoms with Crippen molar-refractivity contribution in [1.29, 1.82) is 2.25 Å². The summed E-state index contributed by atoms with van der Waals surface area (Å²) in [7, 11) is -7.06. The molecule has 162 valence electrons. The van der Waals surface area contributed by atoms with Crippen LogP contribution >= 0.6 is 12.6 Å². The highest BCUT2D eigenvalue weighted by Crippen LogP contribution is 1.85. The van der Waals surface area contributed by atoms with Crippen LogP contribution in [-0.4, -0.2) is 31.1 Å². The lowest BCUT2D eigenvalue weighted by Crippen LogP contribution is -1.80. The van der Waals surface area contributed by atoms with Crippen LogP contribution < -0.4 is 0 Å². The van der Waals surface area contributed by atoms with Crippen LogP contribution in [0.25, 0.3) is 0 Å². The van der Waals surface area contributed by atoms with E-state index in [1.54, 1.807) is 27.0 Å². The van der Waals surface area contributed by atoms with E-state index in [0.29, 0.717) is 12.0 Å². The Morgan fingerprint density at radius 3 is 1.12 bits per heavy atom. The first-order valence-electron chi connectivity index (χ1n) is 6.95. The highest BCUT2D eigenvalue weighted by atomic mass is 32.2. The van der Waals surface area contributed by atoms with Crippen molar-refractivity contribution in [3.05, 3.63) is 11.0 Å². The van der Waals surface area contributed by atoms with Gasteiger partial charge in [-0.3, -0.25) is 0 Å². The average molecular weight is 419 g/mol. The van der Waals surface area contributed by atoms with Gasteiger partial charge < -0.3 is 0 Å². The Balaban J connectivity index is -0.0000000166. The molecule has 4 nitrogen and oxygen atoms in total. The Morgan fingerprint density at radius 1 is 0.875 bits per heavy atom. The minimum Gasteiger partial charge on any atom is -0.232 e. The molecule has 0 N–H and O–H groups in total. The molecule has 0 aliphatic rings. The lowest BCUT2D eigenvalue weighted by atomic mass is 10.4. The van der Waals surface area contributed by atoms with Crippen molar-refractivity contribution in [2.75, 3.05) is 12.0 Å². The molecule has 24 heavy (non-hydrogen) atoms. The van der Waals surface area contributed by atoms with Gasteiger partial charge >= 0.3 is 0 Å². The van der Waals surface area contributed by atoms with E-state index in [4.69, 9.17) is 2.25 Å². The van der Waals surface area contributed by atoms with E-state index in [2.05, 4.69) is 12.6 Å². The van der Waals surface area contributed by atoms with Crippen molar-refractivity contribution in [3.63, 3.8) is 0 Å². The van der Waals surface area contributed by atoms with Crippen LogP contribution in [0.3, 0.4) is 0 Å². The van der Waals surface area contributed by atoms with Crippen molar-refractivity contribution < 1.29 is 16.8 Å². The predicted octanol–water partition coefficient (Wildman–Crippen LogP) is 6.31. The summed E-state index contributed by atoms with van der Waals surface area (Å²) in [4.78, 5) is 0. The highest BCUT2D eigenvalue weighted by molar-refractivity contribution is 7.79. The Hall–Kier alpha value is -0.0100. The van der Waals surface area contributed by atoms with E-state index in [9.17, 15) is 16.8 Å². The molecule has 0 aliphatic carbocycles. The molecule has 0 spiro atoms. The van der Waals surface area contributed by atoms with Crippen molar-refractivity contribution in [1.82, 2.24) is 0 Å². The van der Waals surface area contributed by atoms with Gasteiger partial charge in [0.05, 0.1) is 0 Å². The summed E-state index contributed by atoms with van der Waals surface area (Å²) in [5.74, 6) is -0.0208. The summed E-state index contributed by atoms with van der Waals surface area (Å²) in [5, 5.41) is 0.910. The molecule has 0 heterocycles. The average Bonchev–Trinajstić information content (AvgIpc) is 2.33. The van der Waals surface area contributed by atoms with Crippen LogP contribution in [0.4, 0.5) is 0 Å². The van der Waals surface area contributed by atoms with Gasteiger partial charge in [-0.2, -0.15) is 12.6 Å². The van der Waals surface area contributed by atoms with Crippen LogP contribution in [0.15, 0.2) is 11.0 Å². The fraction of sp³-hybridized carbons (Fsp3) is 0.882. The number of rotatable bonds is 3. The molecule has 0 bridgehead atoms. The molecule has 0 saturated heterocycles. The second kappa shape index (κ2) is 77.3. The topological polar surface area (TPSA) is 68.3 Å². The second-order valence-corrected chi connectivity index (χ2v) is 4.24. The number of allylic oxidation sites excluding steroid dienone is 1. The Bertz CT molecular complexity index is 402. The summed E-state index contributed by atoms with van der Waals surface area (Å²) < 4.78 is 52.5. The van der Waals surface area contributed by atoms with Gasteiger partial charge in [0.2, 0.25) is 0 Å². The number of hydrogen-bond acceptors (Lipinski definition) is 5. The predicted molar refractivity (Wildman–Crippen MR) is 126 cm³/mol. The lowest BCUT2D eigenvalue weighted by molar-refractivity contribution is 0.613. The zero-order chi connectivity index (χ0) is 18.7. The molecule has 0 atom stereocenters. The second-order valence-electron chi connectivity index (χ2n) is 2.46. The van der Waals surface area contributed by atoms with Crippen molar-refractivity contribution in [2.45, 2.75) is 92.0 Å². The van der Waals surface area contributed by atoms with Crippen LogP contribution in [0.1, 0.15) is 92.0 Å². The summed E-state index contributed by atoms with van der Waals surface area (Å²) in [6.45, 7) is 13.0. The van der Waals surface area contributed by atoms with E-state index >= 15 is 0 Å². The third-order valence-corrected chi connectivity index (χ3v) is 2.11. The maximum absolute atomic E-state index is 10.0. The fourth-order valence-electron chi connectivity index (χ4n) is 0.359. The van der Waals surface area contributed by atoms with Gasteiger partial charge in [0.1, 0.15) is 10.6 Å². The van der Waals surface area contributed by atoms with E-state index in [1.165, 1.54) is 0 Å². The molecule has 0 unspecified atom stereocenters. The molecule has 0 radical (unpaired) electrons. The van der Waals surface area contributed by atoms with Gasteiger partial charge in [-0.1, -0.05) is 77.3 Å². The van der Waals surface area contributed by atoms with E-state index in [-0.39, 0.29) is 42.9 Å². The summed E-state index contributed by atoms with van der Waals surface area (Å²) >= 11 is 3.53. The smallest absolute Gasteiger partial charge is 0.179 e. The zero-order valence-corrected chi connectivity index (χ0v) is 15.9. The molecule has 0 aromatic carbocycles. The Kier molecular flexibility index (Phi) is 160. The van der Waals surface area contributed by atoms with Crippen molar-refractivity contribution in [2.24, 2.45) is 0 Å². The molecule has 0 aromatic rings. The molecular formula is C17H52O4S3. The first kappa shape index (κ1) is 49.6. The fourth-order valence-corrected chi connectivity index (χ4v) is 1.08. The standard InChI is InChI=1S/C4H8O2S.C3H8O2S.2C2H6.CH4S.5CH4/c1-4(2)3-7(5)6;1-2-3-6(4)5;3*1-2;;;;;/h3,7H,1-2H3;6H,2-3H2,1H3;2*1-2H3;2H,1H3;5*1H4/i7D;6D;;;;;;;;. The van der Waals surface area contributed by atoms with Crippen LogP contribution in [0.2, 0.25) is 0 Å². The molecule has 0 fully saturated rings. The summed E-state index contributed by atoms with van der Waals surface area (Å²) in [5.41, 5.74) is 0.625. The Labute approximate surface area is 168 Å². The van der Waals surface area contributed by atoms with E-state index < -0.39 is 21.2 Å². The van der Waals surface area contributed by atoms with E-state index in [1.807, 2.05) is 27.7 Å². The van der Waals surface area contributed by atoms with Crippen LogP contribution in [0.5, 0.6) is 0 Å². The first-order valence-corrected chi connectivity index (χ1v) is 9.41. The van der Waals surface area contributed by atoms with Crippen LogP contribution in [-0.2, 0) is 21.2 Å². The molecule has 0 rings (SSSR count). The van der Waals surface area contributed by atoms with Crippen molar-refractivity contribution >= 4 is 33.8 Å². The van der Waals surface area contributed by atoms with Gasteiger partial charge in [-0.25, -0.2) is 16.8 Å². The molecule has 0 aliphatic heterocycles. The van der Waals surface area contributed by atoms with Gasteiger partial charge in [-0.15, -0.1) is 0 Å². The molecule has 7 heteroatoms. The lowest BCUT2D eigenvalue weighted by Gasteiger charge is -1.75. The number of hydrogen-bond donors (Lipinski definition) is 3. The SMILES string of the molecule is C.C.C.C.C.CC.CC.CS.[2H]S(=O)(=O)C=C(C)C.[2H]S(=O)(=O)CCC. The third kappa shape index (κ3) is 198. The molecule has 0 aromatic heterocycles. The Morgan fingerprint density at radius 2 is 1.12 bits per heavy atom. The highest BCUT2D eigenvalue weighted by Gasteiger charge is 1.76. The van der Waals surface area contributed by atoms with Gasteiger partial charge in [0, 0.05) is 11.2 Å². The largest absolute Gasteiger partial charge is 0.232 e. The summed E-state index contributed by atoms with van der Waals surface area (Å²) in [6, 6.07) is 0. The van der Waals surface area contributed by atoms with Crippen molar-refractivity contribution in [3.8, 4) is 0 Å². The van der Waals surface area contributed by atoms with E-state index in [0.717, 1.165) is 5.41 Å². The van der Waals surface area contributed by atoms with Gasteiger partial charge in [-0.05, 0) is 26.5 Å². The summed E-state index contributed by atoms with van der Waals surface area (Å²) in [6.07, 6.45) is 2.23. The maximum atomic E-state index is 10.0. The maximum Gasteiger partial charge on any atom is 0.179 e. The molecule has 0 amide bonds. The third-order valence-electron chi connectivity index (χ3n) is 0.703. The van der Waals surface area contributed by atoms with Gasteiger partial charge in [0.25, 0.3) is 0 Å². The first-order chi connectivity index (χ1) is 9.48. The normalized spacial score (nSPS) is 7.88. The van der Waals surface area contributed by atoms with Gasteiger partial charge in [0.15, 0.2) is 12.9 Å². The quantitative estimate of drug-likeness (QED) is 0.470. The number of thiol groups is 3. The minimum atomic E-state index is -3.64. The zero-order valence-electron chi connectivity index (χ0n) is 15.4. The van der Waals surface area contributed by atoms with Crippen LogP contribution in [0, 0.1) is 0 Å². The monoisotopic (exact) mass is 418 g/mol.